The molecule has 0 radical (unpaired) electrons. The maximum Gasteiger partial charge on any atom is 0.142 e. The molecule has 1 unspecified atom stereocenters. The van der Waals surface area contributed by atoms with Crippen molar-refractivity contribution in [3.63, 3.8) is 0 Å². The summed E-state index contributed by atoms with van der Waals surface area (Å²) in [5.41, 5.74) is 0. The fraction of sp³-hybridized carbons (Fsp3) is 0.333. The lowest BCUT2D eigenvalue weighted by Crippen LogP contribution is -2.21. The predicted molar refractivity (Wildman–Crippen MR) is 77.2 cm³/mol. The third-order valence-electron chi connectivity index (χ3n) is 2.81. The van der Waals surface area contributed by atoms with E-state index in [1.54, 1.807) is 12.1 Å². The standard InChI is InChI=1S/C15H17F2NO2S/c1-10(2)18-8-12-4-5-13(20-12)9-21(19)15-6-3-11(16)7-14(15)17/h3-7,10,18H,8-9H2,1-2H3. The summed E-state index contributed by atoms with van der Waals surface area (Å²) in [6.07, 6.45) is 0. The Morgan fingerprint density at radius 3 is 2.57 bits per heavy atom. The van der Waals surface area contributed by atoms with Crippen molar-refractivity contribution < 1.29 is 17.4 Å². The molecule has 0 aliphatic heterocycles. The fourth-order valence-corrected chi connectivity index (χ4v) is 2.83. The predicted octanol–water partition coefficient (Wildman–Crippen LogP) is 3.36. The van der Waals surface area contributed by atoms with Crippen molar-refractivity contribution in [3.8, 4) is 0 Å². The highest BCUT2D eigenvalue weighted by atomic mass is 32.2. The molecule has 0 bridgehead atoms. The van der Waals surface area contributed by atoms with Crippen molar-refractivity contribution in [2.75, 3.05) is 0 Å². The fourth-order valence-electron chi connectivity index (χ4n) is 1.77. The van der Waals surface area contributed by atoms with E-state index >= 15 is 0 Å². The number of nitrogens with one attached hydrogen (secondary N) is 1. The summed E-state index contributed by atoms with van der Waals surface area (Å²) < 4.78 is 44.0. The first-order chi connectivity index (χ1) is 9.95. The molecule has 0 aliphatic carbocycles. The number of benzene rings is 1. The molecule has 0 saturated carbocycles. The van der Waals surface area contributed by atoms with Crippen LogP contribution >= 0.6 is 0 Å². The zero-order chi connectivity index (χ0) is 15.4. The van der Waals surface area contributed by atoms with Gasteiger partial charge in [-0.2, -0.15) is 0 Å². The second-order valence-electron chi connectivity index (χ2n) is 4.97. The molecular formula is C15H17F2NO2S. The van der Waals surface area contributed by atoms with Gasteiger partial charge in [0, 0.05) is 12.1 Å². The van der Waals surface area contributed by atoms with E-state index in [0.717, 1.165) is 17.9 Å². The van der Waals surface area contributed by atoms with Crippen LogP contribution in [-0.4, -0.2) is 10.3 Å². The smallest absolute Gasteiger partial charge is 0.142 e. The normalized spacial score (nSPS) is 12.8. The molecule has 2 aromatic rings. The van der Waals surface area contributed by atoms with Crippen LogP contribution < -0.4 is 5.32 Å². The number of furan rings is 1. The first kappa shape index (κ1) is 15.9. The SMILES string of the molecule is CC(C)NCc1ccc(CS(=O)c2ccc(F)cc2F)o1. The second kappa shape index (κ2) is 6.95. The van der Waals surface area contributed by atoms with Crippen LogP contribution in [0.4, 0.5) is 8.78 Å². The first-order valence-corrected chi connectivity index (χ1v) is 7.92. The van der Waals surface area contributed by atoms with Gasteiger partial charge in [-0.05, 0) is 24.3 Å². The van der Waals surface area contributed by atoms with Crippen LogP contribution in [0.1, 0.15) is 25.4 Å². The van der Waals surface area contributed by atoms with Crippen molar-refractivity contribution in [2.45, 2.75) is 37.1 Å². The molecule has 0 saturated heterocycles. The Bertz CT molecular complexity index is 640. The zero-order valence-electron chi connectivity index (χ0n) is 11.9. The molecule has 3 nitrogen and oxygen atoms in total. The average Bonchev–Trinajstić information content (AvgIpc) is 2.83. The Labute approximate surface area is 124 Å². The van der Waals surface area contributed by atoms with E-state index in [9.17, 15) is 13.0 Å². The maximum absolute atomic E-state index is 13.5. The highest BCUT2D eigenvalue weighted by Crippen LogP contribution is 2.18. The molecule has 114 valence electrons. The molecule has 1 N–H and O–H groups in total. The van der Waals surface area contributed by atoms with E-state index < -0.39 is 22.4 Å². The van der Waals surface area contributed by atoms with E-state index in [2.05, 4.69) is 5.32 Å². The molecule has 6 heteroatoms. The largest absolute Gasteiger partial charge is 0.464 e. The van der Waals surface area contributed by atoms with E-state index in [1.165, 1.54) is 6.07 Å². The van der Waals surface area contributed by atoms with Gasteiger partial charge in [-0.15, -0.1) is 0 Å². The van der Waals surface area contributed by atoms with E-state index in [4.69, 9.17) is 4.42 Å². The van der Waals surface area contributed by atoms with Crippen LogP contribution in [0.5, 0.6) is 0 Å². The Hall–Kier alpha value is -1.53. The molecule has 21 heavy (non-hydrogen) atoms. The van der Waals surface area contributed by atoms with Gasteiger partial charge in [-0.25, -0.2) is 8.78 Å². The topological polar surface area (TPSA) is 42.2 Å². The van der Waals surface area contributed by atoms with E-state index in [1.807, 2.05) is 13.8 Å². The van der Waals surface area contributed by atoms with Gasteiger partial charge in [0.2, 0.25) is 0 Å². The minimum Gasteiger partial charge on any atom is -0.464 e. The Balaban J connectivity index is 2.02. The molecule has 1 aromatic carbocycles. The van der Waals surface area contributed by atoms with Crippen LogP contribution in [-0.2, 0) is 23.1 Å². The van der Waals surface area contributed by atoms with Crippen LogP contribution in [0.25, 0.3) is 0 Å². The molecule has 2 rings (SSSR count). The zero-order valence-corrected chi connectivity index (χ0v) is 12.7. The molecule has 0 aliphatic rings. The quantitative estimate of drug-likeness (QED) is 0.889. The summed E-state index contributed by atoms with van der Waals surface area (Å²) in [5.74, 6) is -0.188. The molecule has 0 spiro atoms. The number of hydrogen-bond donors (Lipinski definition) is 1. The van der Waals surface area contributed by atoms with Crippen LogP contribution in [0, 0.1) is 11.6 Å². The summed E-state index contributed by atoms with van der Waals surface area (Å²) in [6.45, 7) is 4.63. The van der Waals surface area contributed by atoms with Gasteiger partial charge in [0.05, 0.1) is 28.0 Å². The van der Waals surface area contributed by atoms with Crippen molar-refractivity contribution in [1.82, 2.24) is 5.32 Å². The van der Waals surface area contributed by atoms with Gasteiger partial charge in [-0.3, -0.25) is 4.21 Å². The monoisotopic (exact) mass is 313 g/mol. The number of halogens is 2. The summed E-state index contributed by atoms with van der Waals surface area (Å²) in [5, 5.41) is 3.20. The van der Waals surface area contributed by atoms with Gasteiger partial charge >= 0.3 is 0 Å². The first-order valence-electron chi connectivity index (χ1n) is 6.60. The average molecular weight is 313 g/mol. The summed E-state index contributed by atoms with van der Waals surface area (Å²) in [7, 11) is -1.61. The van der Waals surface area contributed by atoms with Crippen molar-refractivity contribution in [3.05, 3.63) is 53.5 Å². The number of rotatable bonds is 6. The van der Waals surface area contributed by atoms with Crippen molar-refractivity contribution >= 4 is 10.8 Å². The molecular weight excluding hydrogens is 296 g/mol. The van der Waals surface area contributed by atoms with Gasteiger partial charge in [0.1, 0.15) is 23.2 Å². The lowest BCUT2D eigenvalue weighted by Gasteiger charge is -2.05. The third kappa shape index (κ3) is 4.47. The van der Waals surface area contributed by atoms with Gasteiger partial charge in [-0.1, -0.05) is 13.8 Å². The molecule has 1 atom stereocenters. The Morgan fingerprint density at radius 2 is 1.90 bits per heavy atom. The summed E-state index contributed by atoms with van der Waals surface area (Å²) >= 11 is 0. The molecule has 1 heterocycles. The van der Waals surface area contributed by atoms with E-state index in [0.29, 0.717) is 18.3 Å². The van der Waals surface area contributed by atoms with Crippen LogP contribution in [0.2, 0.25) is 0 Å². The van der Waals surface area contributed by atoms with Gasteiger partial charge in [0.25, 0.3) is 0 Å². The number of hydrogen-bond acceptors (Lipinski definition) is 3. The molecule has 1 aromatic heterocycles. The highest BCUT2D eigenvalue weighted by molar-refractivity contribution is 7.84. The van der Waals surface area contributed by atoms with Crippen LogP contribution in [0.3, 0.4) is 0 Å². The van der Waals surface area contributed by atoms with Crippen LogP contribution in [0.15, 0.2) is 39.6 Å². The lowest BCUT2D eigenvalue weighted by atomic mass is 10.3. The lowest BCUT2D eigenvalue weighted by molar-refractivity contribution is 0.444. The van der Waals surface area contributed by atoms with Crippen molar-refractivity contribution in [2.24, 2.45) is 0 Å². The molecule has 0 amide bonds. The third-order valence-corrected chi connectivity index (χ3v) is 4.18. The Kier molecular flexibility index (Phi) is 5.25. The van der Waals surface area contributed by atoms with Gasteiger partial charge < -0.3 is 9.73 Å². The molecule has 0 fully saturated rings. The van der Waals surface area contributed by atoms with E-state index in [-0.39, 0.29) is 10.6 Å². The second-order valence-corrected chi connectivity index (χ2v) is 6.39. The van der Waals surface area contributed by atoms with Crippen molar-refractivity contribution in [1.29, 1.82) is 0 Å². The summed E-state index contributed by atoms with van der Waals surface area (Å²) in [6, 6.07) is 6.87. The maximum atomic E-state index is 13.5. The minimum absolute atomic E-state index is 0.0188. The van der Waals surface area contributed by atoms with Gasteiger partial charge in [0.15, 0.2) is 0 Å². The highest BCUT2D eigenvalue weighted by Gasteiger charge is 2.14. The Morgan fingerprint density at radius 1 is 1.19 bits per heavy atom. The summed E-state index contributed by atoms with van der Waals surface area (Å²) in [4.78, 5) is -0.0188. The minimum atomic E-state index is -1.61.